The highest BCUT2D eigenvalue weighted by molar-refractivity contribution is 6.30. The number of hydrogen-bond donors (Lipinski definition) is 2. The van der Waals surface area contributed by atoms with Gasteiger partial charge in [0.1, 0.15) is 6.04 Å². The third-order valence-electron chi connectivity index (χ3n) is 9.46. The average Bonchev–Trinajstić information content (AvgIpc) is 3.34. The normalized spacial score (nSPS) is 19.9. The summed E-state index contributed by atoms with van der Waals surface area (Å²) in [5.74, 6) is 0.118. The van der Waals surface area contributed by atoms with Crippen LogP contribution in [-0.2, 0) is 20.8 Å². The number of amides is 4. The second kappa shape index (κ2) is 14.8. The first-order valence-corrected chi connectivity index (χ1v) is 16.7. The largest absolute Gasteiger partial charge is 0.345 e. The van der Waals surface area contributed by atoms with E-state index in [4.69, 9.17) is 11.6 Å². The first kappa shape index (κ1) is 32.9. The topological polar surface area (TPSA) is 102 Å². The molecule has 45 heavy (non-hydrogen) atoms. The van der Waals surface area contributed by atoms with Gasteiger partial charge < -0.3 is 20.4 Å². The van der Waals surface area contributed by atoms with Gasteiger partial charge in [0.05, 0.1) is 12.5 Å². The number of rotatable bonds is 10. The molecule has 3 aliphatic rings. The van der Waals surface area contributed by atoms with Gasteiger partial charge in [-0.3, -0.25) is 24.1 Å². The summed E-state index contributed by atoms with van der Waals surface area (Å²) in [5, 5.41) is 6.53. The van der Waals surface area contributed by atoms with Gasteiger partial charge in [0.25, 0.3) is 5.91 Å². The van der Waals surface area contributed by atoms with Gasteiger partial charge >= 0.3 is 0 Å². The number of carbonyl (C=O) groups is 4. The van der Waals surface area contributed by atoms with Crippen molar-refractivity contribution in [3.8, 4) is 0 Å². The zero-order valence-corrected chi connectivity index (χ0v) is 27.4. The van der Waals surface area contributed by atoms with E-state index in [2.05, 4.69) is 29.4 Å². The maximum absolute atomic E-state index is 14.0. The fourth-order valence-electron chi connectivity index (χ4n) is 7.15. The second-order valence-electron chi connectivity index (χ2n) is 13.2. The fourth-order valence-corrected chi connectivity index (χ4v) is 7.27. The summed E-state index contributed by atoms with van der Waals surface area (Å²) < 4.78 is 0. The Bertz CT molecular complexity index is 1370. The van der Waals surface area contributed by atoms with Crippen LogP contribution in [0.1, 0.15) is 80.4 Å². The molecule has 0 unspecified atom stereocenters. The molecule has 0 aromatic heterocycles. The maximum atomic E-state index is 14.0. The predicted octanol–water partition coefficient (Wildman–Crippen LogP) is 4.20. The highest BCUT2D eigenvalue weighted by Crippen LogP contribution is 2.29. The average molecular weight is 636 g/mol. The number of hydrogen-bond acceptors (Lipinski definition) is 5. The Morgan fingerprint density at radius 2 is 1.53 bits per heavy atom. The Morgan fingerprint density at radius 1 is 0.933 bits per heavy atom. The molecule has 2 aromatic carbocycles. The summed E-state index contributed by atoms with van der Waals surface area (Å²) in [6.07, 6.45) is 4.11. The molecule has 5 rings (SSSR count). The SMILES string of the molecule is CC(=O)N1CCC(N(CC(C)C)C2CCN(C(=O)[C@@H](Cc3ccc(Cl)cc3)NC(=O)C[C@H]3NC(=O)c4ccccc43)CC2)CC1. The molecule has 0 radical (unpaired) electrons. The Hall–Kier alpha value is -3.43. The minimum Gasteiger partial charge on any atom is -0.345 e. The van der Waals surface area contributed by atoms with Crippen LogP contribution in [0.4, 0.5) is 0 Å². The van der Waals surface area contributed by atoms with Crippen molar-refractivity contribution >= 4 is 35.2 Å². The molecule has 0 saturated carbocycles. The van der Waals surface area contributed by atoms with E-state index in [1.807, 2.05) is 40.1 Å². The second-order valence-corrected chi connectivity index (χ2v) is 13.6. The van der Waals surface area contributed by atoms with Crippen LogP contribution in [0.15, 0.2) is 48.5 Å². The van der Waals surface area contributed by atoms with E-state index in [0.717, 1.165) is 56.4 Å². The Labute approximate surface area is 271 Å². The lowest BCUT2D eigenvalue weighted by molar-refractivity contribution is -0.138. The zero-order chi connectivity index (χ0) is 32.1. The molecule has 4 amide bonds. The van der Waals surface area contributed by atoms with Gasteiger partial charge in [0, 0.05) is 68.7 Å². The van der Waals surface area contributed by atoms with Gasteiger partial charge in [-0.1, -0.05) is 55.8 Å². The van der Waals surface area contributed by atoms with Crippen LogP contribution in [-0.4, -0.2) is 89.2 Å². The van der Waals surface area contributed by atoms with E-state index >= 15 is 0 Å². The molecule has 9 nitrogen and oxygen atoms in total. The standard InChI is InChI=1S/C35H46ClN5O4/c1-23(2)22-41(27-12-16-39(17-13-27)24(3)42)28-14-18-40(19-15-28)35(45)32(20-25-8-10-26(36)11-9-25)37-33(43)21-31-29-6-4-5-7-30(29)34(44)38-31/h4-11,23,27-28,31-32H,12-22H2,1-3H3,(H,37,43)(H,38,44)/t31-,32-/m1/s1. The summed E-state index contributed by atoms with van der Waals surface area (Å²) in [4.78, 5) is 58.1. The zero-order valence-electron chi connectivity index (χ0n) is 26.6. The third-order valence-corrected chi connectivity index (χ3v) is 9.71. The van der Waals surface area contributed by atoms with Gasteiger partial charge in [-0.2, -0.15) is 0 Å². The summed E-state index contributed by atoms with van der Waals surface area (Å²) in [5.41, 5.74) is 2.30. The maximum Gasteiger partial charge on any atom is 0.252 e. The number of nitrogens with zero attached hydrogens (tertiary/aromatic N) is 3. The van der Waals surface area contributed by atoms with Crippen LogP contribution in [0.25, 0.3) is 0 Å². The molecule has 242 valence electrons. The van der Waals surface area contributed by atoms with Crippen LogP contribution < -0.4 is 10.6 Å². The number of carbonyl (C=O) groups excluding carboxylic acids is 4. The highest BCUT2D eigenvalue weighted by Gasteiger charge is 2.36. The first-order chi connectivity index (χ1) is 21.6. The van der Waals surface area contributed by atoms with E-state index in [1.165, 1.54) is 0 Å². The highest BCUT2D eigenvalue weighted by atomic mass is 35.5. The van der Waals surface area contributed by atoms with E-state index in [-0.39, 0.29) is 30.0 Å². The van der Waals surface area contributed by atoms with Crippen molar-refractivity contribution in [2.75, 3.05) is 32.7 Å². The summed E-state index contributed by atoms with van der Waals surface area (Å²) >= 11 is 6.11. The lowest BCUT2D eigenvalue weighted by Crippen LogP contribution is -2.56. The molecular weight excluding hydrogens is 590 g/mol. The lowest BCUT2D eigenvalue weighted by atomic mass is 9.94. The van der Waals surface area contributed by atoms with Crippen molar-refractivity contribution in [1.29, 1.82) is 0 Å². The molecule has 2 atom stereocenters. The van der Waals surface area contributed by atoms with Crippen LogP contribution in [0.5, 0.6) is 0 Å². The van der Waals surface area contributed by atoms with Crippen molar-refractivity contribution in [2.24, 2.45) is 5.92 Å². The molecule has 2 aromatic rings. The molecule has 3 heterocycles. The van der Waals surface area contributed by atoms with E-state index in [1.54, 1.807) is 25.1 Å². The van der Waals surface area contributed by atoms with E-state index < -0.39 is 12.1 Å². The minimum atomic E-state index is -0.731. The van der Waals surface area contributed by atoms with Gasteiger partial charge in [-0.05, 0) is 60.9 Å². The van der Waals surface area contributed by atoms with Crippen LogP contribution >= 0.6 is 11.6 Å². The molecule has 0 aliphatic carbocycles. The Balaban J connectivity index is 1.24. The Kier molecular flexibility index (Phi) is 10.8. The smallest absolute Gasteiger partial charge is 0.252 e. The monoisotopic (exact) mass is 635 g/mol. The summed E-state index contributed by atoms with van der Waals surface area (Å²) in [6.45, 7) is 9.99. The molecule has 3 aliphatic heterocycles. The molecule has 2 saturated heterocycles. The van der Waals surface area contributed by atoms with Crippen LogP contribution in [0.3, 0.4) is 0 Å². The number of piperidine rings is 2. The van der Waals surface area contributed by atoms with Crippen LogP contribution in [0.2, 0.25) is 5.02 Å². The van der Waals surface area contributed by atoms with Gasteiger partial charge in [-0.15, -0.1) is 0 Å². The summed E-state index contributed by atoms with van der Waals surface area (Å²) in [6, 6.07) is 14.3. The quantitative estimate of drug-likeness (QED) is 0.408. The fraction of sp³-hybridized carbons (Fsp3) is 0.543. The molecular formula is C35H46ClN5O4. The molecule has 2 N–H and O–H groups in total. The number of likely N-dealkylation sites (tertiary alicyclic amines) is 2. The molecule has 2 fully saturated rings. The van der Waals surface area contributed by atoms with Gasteiger partial charge in [0.2, 0.25) is 17.7 Å². The van der Waals surface area contributed by atoms with Crippen molar-refractivity contribution in [2.45, 2.75) is 83.5 Å². The minimum absolute atomic E-state index is 0.0574. The molecule has 0 spiro atoms. The van der Waals surface area contributed by atoms with Gasteiger partial charge in [-0.25, -0.2) is 0 Å². The van der Waals surface area contributed by atoms with Crippen molar-refractivity contribution in [3.63, 3.8) is 0 Å². The lowest BCUT2D eigenvalue weighted by Gasteiger charge is -2.46. The third kappa shape index (κ3) is 8.24. The van der Waals surface area contributed by atoms with Crippen molar-refractivity contribution < 1.29 is 19.2 Å². The van der Waals surface area contributed by atoms with E-state index in [9.17, 15) is 19.2 Å². The van der Waals surface area contributed by atoms with Crippen LogP contribution in [0, 0.1) is 5.92 Å². The number of halogens is 1. The van der Waals surface area contributed by atoms with Gasteiger partial charge in [0.15, 0.2) is 0 Å². The van der Waals surface area contributed by atoms with Crippen molar-refractivity contribution in [1.82, 2.24) is 25.3 Å². The number of fused-ring (bicyclic) bond motifs is 1. The van der Waals surface area contributed by atoms with Crippen molar-refractivity contribution in [3.05, 3.63) is 70.2 Å². The summed E-state index contributed by atoms with van der Waals surface area (Å²) in [7, 11) is 0. The molecule has 0 bridgehead atoms. The first-order valence-electron chi connectivity index (χ1n) is 16.3. The number of nitrogens with one attached hydrogen (secondary N) is 2. The number of benzene rings is 2. The molecule has 10 heteroatoms. The van der Waals surface area contributed by atoms with E-state index in [0.29, 0.717) is 48.1 Å². The Morgan fingerprint density at radius 3 is 2.13 bits per heavy atom. The predicted molar refractivity (Wildman–Crippen MR) is 175 cm³/mol.